The van der Waals surface area contributed by atoms with Crippen LogP contribution in [0.15, 0.2) is 127 Å². The minimum Gasteiger partial charge on any atom is -0.343 e. The first-order valence-electron chi connectivity index (χ1n) is 14.0. The number of nitrogens with zero attached hydrogens (tertiary/aromatic N) is 7. The number of nitrogens with one attached hydrogen (secondary N) is 1. The van der Waals surface area contributed by atoms with Crippen LogP contribution in [0.5, 0.6) is 0 Å². The topological polar surface area (TPSA) is 89.4 Å². The fourth-order valence-corrected chi connectivity index (χ4v) is 6.47. The number of amidine groups is 5. The minimum absolute atomic E-state index is 0.338. The average Bonchev–Trinajstić information content (AvgIpc) is 3.63. The fourth-order valence-electron chi connectivity index (χ4n) is 6.47. The van der Waals surface area contributed by atoms with Gasteiger partial charge in [0, 0.05) is 50.2 Å². The Morgan fingerprint density at radius 1 is 0.643 bits per heavy atom. The lowest BCUT2D eigenvalue weighted by Gasteiger charge is -2.31. The van der Waals surface area contributed by atoms with Gasteiger partial charge in [0.1, 0.15) is 6.17 Å². The highest BCUT2D eigenvalue weighted by Gasteiger charge is 2.48. The molecule has 4 aromatic carbocycles. The van der Waals surface area contributed by atoms with Crippen LogP contribution in [0.2, 0.25) is 0 Å². The number of rotatable bonds is 0. The zero-order valence-electron chi connectivity index (χ0n) is 22.9. The Morgan fingerprint density at radius 2 is 1.29 bits per heavy atom. The molecule has 9 rings (SSSR count). The van der Waals surface area contributed by atoms with Gasteiger partial charge in [-0.05, 0) is 13.8 Å². The van der Waals surface area contributed by atoms with Crippen molar-refractivity contribution in [3.05, 3.63) is 142 Å². The summed E-state index contributed by atoms with van der Waals surface area (Å²) in [6.07, 6.45) is -0.338. The standard InChI is InChI=1S/C34H24N8/c1-19-20-11-3-4-12-21(20)32-38-29-22-13-5-6-14-23(22)30(36-29)39-33-26-17-9-10-18-27(26)34(2,42(33)41-32)40-31-25-16-8-7-15-24(25)28(35-19)37-31/h3-18,29H,1-2H3,(H,38,41). The molecule has 0 amide bonds. The van der Waals surface area contributed by atoms with Crippen LogP contribution in [0.3, 0.4) is 0 Å². The van der Waals surface area contributed by atoms with Gasteiger partial charge in [-0.2, -0.15) is 5.10 Å². The Kier molecular flexibility index (Phi) is 4.57. The number of hydrazone groups is 1. The smallest absolute Gasteiger partial charge is 0.180 e. The minimum atomic E-state index is -0.944. The molecule has 0 saturated heterocycles. The van der Waals surface area contributed by atoms with Crippen molar-refractivity contribution in [2.75, 3.05) is 0 Å². The van der Waals surface area contributed by atoms with Gasteiger partial charge in [0.2, 0.25) is 0 Å². The van der Waals surface area contributed by atoms with Crippen LogP contribution in [-0.4, -0.2) is 39.9 Å². The van der Waals surface area contributed by atoms with E-state index in [0.29, 0.717) is 29.2 Å². The summed E-state index contributed by atoms with van der Waals surface area (Å²) in [6, 6.07) is 32.9. The molecular weight excluding hydrogens is 520 g/mol. The van der Waals surface area contributed by atoms with Crippen molar-refractivity contribution < 1.29 is 0 Å². The molecule has 8 nitrogen and oxygen atoms in total. The second-order valence-electron chi connectivity index (χ2n) is 11.0. The van der Waals surface area contributed by atoms with Gasteiger partial charge in [0.15, 0.2) is 34.8 Å². The van der Waals surface area contributed by atoms with Crippen molar-refractivity contribution in [2.45, 2.75) is 25.7 Å². The Hall–Kier alpha value is -5.50. The maximum absolute atomic E-state index is 5.39. The van der Waals surface area contributed by atoms with Gasteiger partial charge in [-0.3, -0.25) is 0 Å². The van der Waals surface area contributed by atoms with E-state index in [0.717, 1.165) is 50.2 Å². The maximum Gasteiger partial charge on any atom is 0.180 e. The third kappa shape index (κ3) is 3.11. The van der Waals surface area contributed by atoms with E-state index in [9.17, 15) is 0 Å². The Bertz CT molecular complexity index is 2060. The molecule has 2 unspecified atom stereocenters. The third-order valence-corrected chi connectivity index (χ3v) is 8.51. The van der Waals surface area contributed by atoms with Crippen molar-refractivity contribution in [3.63, 3.8) is 0 Å². The molecule has 42 heavy (non-hydrogen) atoms. The molecule has 4 aromatic rings. The second-order valence-corrected chi connectivity index (χ2v) is 11.0. The van der Waals surface area contributed by atoms with E-state index in [1.165, 1.54) is 0 Å². The van der Waals surface area contributed by atoms with Gasteiger partial charge in [-0.1, -0.05) is 97.1 Å². The molecule has 6 bridgehead atoms. The van der Waals surface area contributed by atoms with Gasteiger partial charge >= 0.3 is 0 Å². The summed E-state index contributed by atoms with van der Waals surface area (Å²) in [5.74, 6) is 3.32. The van der Waals surface area contributed by atoms with Crippen molar-refractivity contribution in [1.29, 1.82) is 0 Å². The molecule has 0 aromatic heterocycles. The van der Waals surface area contributed by atoms with Crippen LogP contribution < -0.4 is 5.32 Å². The first kappa shape index (κ1) is 23.2. The van der Waals surface area contributed by atoms with Crippen molar-refractivity contribution >= 4 is 34.9 Å². The summed E-state index contributed by atoms with van der Waals surface area (Å²) in [6.45, 7) is 4.10. The highest BCUT2D eigenvalue weighted by atomic mass is 15.6. The Labute approximate surface area is 242 Å². The number of benzene rings is 4. The van der Waals surface area contributed by atoms with Gasteiger partial charge in [0.05, 0.1) is 0 Å². The predicted molar refractivity (Wildman–Crippen MR) is 166 cm³/mol. The molecule has 0 fully saturated rings. The second kappa shape index (κ2) is 8.27. The summed E-state index contributed by atoms with van der Waals surface area (Å²) in [7, 11) is 0. The molecule has 5 heterocycles. The molecule has 2 atom stereocenters. The SMILES string of the molecule is CC1=NC2=NC(=NC3(C)c4ccccc4C4=NC5=NC(N/C(=N\N43)c3ccccc31)c1ccccc15)c1ccccc12. The molecular formula is C34H24N8. The number of aliphatic imine (C=N–C) groups is 5. The maximum atomic E-state index is 5.39. The predicted octanol–water partition coefficient (Wildman–Crippen LogP) is 5.38. The molecule has 0 saturated carbocycles. The lowest BCUT2D eigenvalue weighted by Crippen LogP contribution is -2.41. The highest BCUT2D eigenvalue weighted by Crippen LogP contribution is 2.43. The van der Waals surface area contributed by atoms with Gasteiger partial charge in [-0.25, -0.2) is 30.0 Å². The summed E-state index contributed by atoms with van der Waals surface area (Å²) in [5, 5.41) is 11.0. The molecule has 8 heteroatoms. The van der Waals surface area contributed by atoms with Crippen molar-refractivity contribution in [3.8, 4) is 0 Å². The highest BCUT2D eigenvalue weighted by molar-refractivity contribution is 6.26. The quantitative estimate of drug-likeness (QED) is 0.322. The number of hydrogen-bond acceptors (Lipinski definition) is 8. The van der Waals surface area contributed by atoms with Crippen molar-refractivity contribution in [1.82, 2.24) is 10.3 Å². The van der Waals surface area contributed by atoms with E-state index in [-0.39, 0.29) is 6.17 Å². The third-order valence-electron chi connectivity index (χ3n) is 8.51. The zero-order valence-corrected chi connectivity index (χ0v) is 22.9. The van der Waals surface area contributed by atoms with E-state index in [1.54, 1.807) is 0 Å². The van der Waals surface area contributed by atoms with Crippen LogP contribution in [-0.2, 0) is 5.66 Å². The Balaban J connectivity index is 1.41. The van der Waals surface area contributed by atoms with Gasteiger partial charge < -0.3 is 5.32 Å². The largest absolute Gasteiger partial charge is 0.343 e. The monoisotopic (exact) mass is 544 g/mol. The molecule has 5 aliphatic rings. The van der Waals surface area contributed by atoms with Crippen LogP contribution >= 0.6 is 0 Å². The fraction of sp³-hybridized carbons (Fsp3) is 0.118. The van der Waals surface area contributed by atoms with E-state index in [4.69, 9.17) is 30.1 Å². The van der Waals surface area contributed by atoms with Crippen molar-refractivity contribution in [2.24, 2.45) is 30.1 Å². The summed E-state index contributed by atoms with van der Waals surface area (Å²) >= 11 is 0. The average molecular weight is 545 g/mol. The molecule has 0 radical (unpaired) electrons. The van der Waals surface area contributed by atoms with Crippen LogP contribution in [0.25, 0.3) is 0 Å². The van der Waals surface area contributed by atoms with E-state index in [2.05, 4.69) is 60.8 Å². The lowest BCUT2D eigenvalue weighted by atomic mass is 10.0. The lowest BCUT2D eigenvalue weighted by molar-refractivity contribution is 0.227. The van der Waals surface area contributed by atoms with E-state index >= 15 is 0 Å². The van der Waals surface area contributed by atoms with Crippen LogP contribution in [0.4, 0.5) is 0 Å². The van der Waals surface area contributed by atoms with Gasteiger partial charge in [-0.15, -0.1) is 0 Å². The molecule has 1 N–H and O–H groups in total. The molecule has 5 aliphatic heterocycles. The zero-order chi connectivity index (χ0) is 28.0. The first-order chi connectivity index (χ1) is 20.6. The van der Waals surface area contributed by atoms with E-state index in [1.807, 2.05) is 60.5 Å². The number of hydrogen-bond donors (Lipinski definition) is 1. The van der Waals surface area contributed by atoms with Crippen LogP contribution in [0, 0.1) is 0 Å². The summed E-state index contributed by atoms with van der Waals surface area (Å²) < 4.78 is 0. The van der Waals surface area contributed by atoms with Gasteiger partial charge in [0.25, 0.3) is 0 Å². The number of fused-ring (bicyclic) bond motifs is 13. The van der Waals surface area contributed by atoms with Crippen LogP contribution in [0.1, 0.15) is 64.5 Å². The molecule has 0 spiro atoms. The summed E-state index contributed by atoms with van der Waals surface area (Å²) in [4.78, 5) is 25.8. The normalized spacial score (nSPS) is 23.7. The van der Waals surface area contributed by atoms with E-state index < -0.39 is 5.66 Å². The Morgan fingerprint density at radius 3 is 2.10 bits per heavy atom. The summed E-state index contributed by atoms with van der Waals surface area (Å²) in [5.41, 5.74) is 7.71. The molecule has 200 valence electrons. The molecule has 0 aliphatic carbocycles. The first-order valence-corrected chi connectivity index (χ1v) is 14.0.